The predicted molar refractivity (Wildman–Crippen MR) is 73.1 cm³/mol. The lowest BCUT2D eigenvalue weighted by Crippen LogP contribution is -2.33. The van der Waals surface area contributed by atoms with Crippen LogP contribution in [0.15, 0.2) is 6.07 Å². The van der Waals surface area contributed by atoms with Gasteiger partial charge in [-0.1, -0.05) is 27.7 Å². The number of nitrogens with zero attached hydrogens (tertiary/aromatic N) is 2. The summed E-state index contributed by atoms with van der Waals surface area (Å²) < 4.78 is 0. The molecule has 0 aliphatic heterocycles. The van der Waals surface area contributed by atoms with Crippen molar-refractivity contribution in [3.63, 3.8) is 0 Å². The van der Waals surface area contributed by atoms with E-state index in [1.807, 2.05) is 0 Å². The number of anilines is 2. The van der Waals surface area contributed by atoms with Gasteiger partial charge in [-0.25, -0.2) is 9.97 Å². The second kappa shape index (κ2) is 5.34. The van der Waals surface area contributed by atoms with E-state index in [2.05, 4.69) is 49.9 Å². The fraction of sp³-hybridized carbons (Fsp3) is 0.692. The molecule has 0 aliphatic carbocycles. The summed E-state index contributed by atoms with van der Waals surface area (Å²) in [5, 5.41) is 3.46. The summed E-state index contributed by atoms with van der Waals surface area (Å²) >= 11 is 0. The van der Waals surface area contributed by atoms with Gasteiger partial charge in [-0.05, 0) is 19.8 Å². The zero-order valence-corrected chi connectivity index (χ0v) is 11.5. The van der Waals surface area contributed by atoms with Gasteiger partial charge < -0.3 is 11.1 Å². The molecule has 0 amide bonds. The molecule has 96 valence electrons. The van der Waals surface area contributed by atoms with E-state index in [1.165, 1.54) is 0 Å². The highest BCUT2D eigenvalue weighted by molar-refractivity contribution is 5.46. The lowest BCUT2D eigenvalue weighted by molar-refractivity contribution is 0.476. The molecule has 1 aromatic heterocycles. The molecule has 0 bridgehead atoms. The van der Waals surface area contributed by atoms with E-state index in [-0.39, 0.29) is 11.5 Å². The van der Waals surface area contributed by atoms with Crippen molar-refractivity contribution < 1.29 is 0 Å². The highest BCUT2D eigenvalue weighted by atomic mass is 15.1. The number of rotatable bonds is 5. The van der Waals surface area contributed by atoms with Crippen LogP contribution in [0, 0.1) is 0 Å². The highest BCUT2D eigenvalue weighted by Crippen LogP contribution is 2.22. The van der Waals surface area contributed by atoms with Gasteiger partial charge in [0.2, 0.25) is 0 Å². The van der Waals surface area contributed by atoms with Crippen molar-refractivity contribution in [3.05, 3.63) is 11.9 Å². The van der Waals surface area contributed by atoms with Gasteiger partial charge in [-0.15, -0.1) is 0 Å². The van der Waals surface area contributed by atoms with Crippen molar-refractivity contribution in [1.82, 2.24) is 9.97 Å². The third-order valence-corrected chi connectivity index (χ3v) is 3.27. The first kappa shape index (κ1) is 13.7. The van der Waals surface area contributed by atoms with Crippen molar-refractivity contribution in [2.45, 2.75) is 58.9 Å². The Morgan fingerprint density at radius 2 is 1.88 bits per heavy atom. The predicted octanol–water partition coefficient (Wildman–Crippen LogP) is 3.17. The van der Waals surface area contributed by atoms with Crippen molar-refractivity contribution >= 4 is 11.6 Å². The number of nitrogens with two attached hydrogens (primary N) is 1. The van der Waals surface area contributed by atoms with Gasteiger partial charge in [0.05, 0.1) is 0 Å². The molecule has 4 nitrogen and oxygen atoms in total. The van der Waals surface area contributed by atoms with Crippen LogP contribution in [0.25, 0.3) is 0 Å². The highest BCUT2D eigenvalue weighted by Gasteiger charge is 2.20. The minimum absolute atomic E-state index is 0.0645. The monoisotopic (exact) mass is 236 g/mol. The van der Waals surface area contributed by atoms with E-state index in [4.69, 9.17) is 5.73 Å². The van der Waals surface area contributed by atoms with Gasteiger partial charge >= 0.3 is 0 Å². The number of hydrogen-bond donors (Lipinski definition) is 2. The first-order chi connectivity index (χ1) is 7.90. The van der Waals surface area contributed by atoms with Gasteiger partial charge in [-0.2, -0.15) is 0 Å². The summed E-state index contributed by atoms with van der Waals surface area (Å²) in [6.07, 6.45) is 2.09. The Bertz CT molecular complexity index is 370. The zero-order chi connectivity index (χ0) is 13.1. The molecule has 1 rings (SSSR count). The van der Waals surface area contributed by atoms with Crippen LogP contribution >= 0.6 is 0 Å². The van der Waals surface area contributed by atoms with E-state index in [1.54, 1.807) is 6.07 Å². The van der Waals surface area contributed by atoms with E-state index in [0.29, 0.717) is 5.82 Å². The minimum Gasteiger partial charge on any atom is -0.384 e. The largest absolute Gasteiger partial charge is 0.384 e. The van der Waals surface area contributed by atoms with Crippen molar-refractivity contribution in [2.24, 2.45) is 0 Å². The summed E-state index contributed by atoms with van der Waals surface area (Å²) in [7, 11) is 0. The van der Waals surface area contributed by atoms with Gasteiger partial charge in [0.25, 0.3) is 0 Å². The Morgan fingerprint density at radius 1 is 1.29 bits per heavy atom. The van der Waals surface area contributed by atoms with Crippen LogP contribution in [0.5, 0.6) is 0 Å². The molecule has 0 aromatic carbocycles. The Labute approximate surface area is 104 Å². The fourth-order valence-electron chi connectivity index (χ4n) is 1.54. The number of hydrogen-bond acceptors (Lipinski definition) is 4. The maximum Gasteiger partial charge on any atom is 0.135 e. The molecule has 1 aromatic rings. The average Bonchev–Trinajstić information content (AvgIpc) is 2.28. The molecule has 0 atom stereocenters. The molecule has 3 N–H and O–H groups in total. The van der Waals surface area contributed by atoms with Crippen molar-refractivity contribution in [2.75, 3.05) is 11.1 Å². The van der Waals surface area contributed by atoms with Crippen LogP contribution in [0.1, 0.15) is 59.2 Å². The van der Waals surface area contributed by atoms with E-state index < -0.39 is 0 Å². The van der Waals surface area contributed by atoms with Crippen LogP contribution in [0.3, 0.4) is 0 Å². The summed E-state index contributed by atoms with van der Waals surface area (Å²) in [5.74, 6) is 2.43. The summed E-state index contributed by atoms with van der Waals surface area (Å²) in [4.78, 5) is 8.75. The Balaban J connectivity index is 2.98. The molecule has 0 spiro atoms. The van der Waals surface area contributed by atoms with Gasteiger partial charge in [-0.3, -0.25) is 0 Å². The van der Waals surface area contributed by atoms with E-state index in [0.717, 1.165) is 24.5 Å². The fourth-order valence-corrected chi connectivity index (χ4v) is 1.54. The molecule has 4 heteroatoms. The summed E-state index contributed by atoms with van der Waals surface area (Å²) in [5.41, 5.74) is 5.87. The summed E-state index contributed by atoms with van der Waals surface area (Å²) in [6.45, 7) is 10.7. The Hall–Kier alpha value is -1.32. The molecular formula is C13H24N4. The lowest BCUT2D eigenvalue weighted by Gasteiger charge is -2.29. The minimum atomic E-state index is 0.0645. The van der Waals surface area contributed by atoms with Crippen LogP contribution in [0.4, 0.5) is 11.6 Å². The SMILES string of the molecule is CCC(C)(CC)Nc1cc(N)nc(C(C)C)n1. The second-order valence-corrected chi connectivity index (χ2v) is 5.08. The van der Waals surface area contributed by atoms with Gasteiger partial charge in [0.1, 0.15) is 17.5 Å². The van der Waals surface area contributed by atoms with Crippen molar-refractivity contribution in [1.29, 1.82) is 0 Å². The van der Waals surface area contributed by atoms with Crippen molar-refractivity contribution in [3.8, 4) is 0 Å². The van der Waals surface area contributed by atoms with E-state index >= 15 is 0 Å². The Morgan fingerprint density at radius 3 is 2.35 bits per heavy atom. The molecule has 0 saturated carbocycles. The first-order valence-electron chi connectivity index (χ1n) is 6.33. The maximum absolute atomic E-state index is 5.81. The third-order valence-electron chi connectivity index (χ3n) is 3.27. The Kier molecular flexibility index (Phi) is 4.32. The molecule has 0 unspecified atom stereocenters. The third kappa shape index (κ3) is 3.58. The van der Waals surface area contributed by atoms with Gasteiger partial charge in [0.15, 0.2) is 0 Å². The topological polar surface area (TPSA) is 63.8 Å². The molecule has 1 heterocycles. The van der Waals surface area contributed by atoms with Crippen LogP contribution in [-0.2, 0) is 0 Å². The van der Waals surface area contributed by atoms with Crippen LogP contribution in [-0.4, -0.2) is 15.5 Å². The summed E-state index contributed by atoms with van der Waals surface area (Å²) in [6, 6.07) is 1.80. The number of aromatic nitrogens is 2. The zero-order valence-electron chi connectivity index (χ0n) is 11.5. The standard InChI is InChI=1S/C13H24N4/c1-6-13(5,7-2)17-11-8-10(14)15-12(16-11)9(3)4/h8-9H,6-7H2,1-5H3,(H3,14,15,16,17). The molecule has 0 fully saturated rings. The average molecular weight is 236 g/mol. The second-order valence-electron chi connectivity index (χ2n) is 5.08. The lowest BCUT2D eigenvalue weighted by atomic mass is 9.96. The molecule has 0 radical (unpaired) electrons. The normalized spacial score (nSPS) is 11.9. The molecule has 17 heavy (non-hydrogen) atoms. The maximum atomic E-state index is 5.81. The molecule has 0 saturated heterocycles. The smallest absolute Gasteiger partial charge is 0.135 e. The van der Waals surface area contributed by atoms with Gasteiger partial charge in [0, 0.05) is 17.5 Å². The number of nitrogen functional groups attached to an aromatic ring is 1. The van der Waals surface area contributed by atoms with Crippen LogP contribution < -0.4 is 11.1 Å². The van der Waals surface area contributed by atoms with Crippen LogP contribution in [0.2, 0.25) is 0 Å². The van der Waals surface area contributed by atoms with E-state index in [9.17, 15) is 0 Å². The molecular weight excluding hydrogens is 212 g/mol. The first-order valence-corrected chi connectivity index (χ1v) is 6.33. The quantitative estimate of drug-likeness (QED) is 0.824. The molecule has 0 aliphatic rings. The number of nitrogens with one attached hydrogen (secondary N) is 1.